The molecule has 5 nitrogen and oxygen atoms in total. The molecule has 0 aromatic carbocycles. The van der Waals surface area contributed by atoms with Crippen LogP contribution < -0.4 is 5.32 Å². The topological polar surface area (TPSA) is 58.1 Å². The first-order valence-corrected chi connectivity index (χ1v) is 7.82. The molecule has 0 spiro atoms. The minimum Gasteiger partial charge on any atom is -0.352 e. The maximum atomic E-state index is 12.1. The van der Waals surface area contributed by atoms with Crippen molar-refractivity contribution >= 4 is 5.91 Å². The lowest BCUT2D eigenvalue weighted by molar-refractivity contribution is -0.122. The van der Waals surface area contributed by atoms with E-state index in [4.69, 9.17) is 0 Å². The fourth-order valence-electron chi connectivity index (χ4n) is 2.50. The van der Waals surface area contributed by atoms with Gasteiger partial charge < -0.3 is 5.32 Å². The number of nitrogens with one attached hydrogen (secondary N) is 1. The maximum absolute atomic E-state index is 12.1. The Bertz CT molecular complexity index is 630. The van der Waals surface area contributed by atoms with Crippen LogP contribution in [0, 0.1) is 6.92 Å². The quantitative estimate of drug-likeness (QED) is 0.849. The highest BCUT2D eigenvalue weighted by Gasteiger charge is 2.11. The summed E-state index contributed by atoms with van der Waals surface area (Å²) in [5.41, 5.74) is 3.10. The molecule has 0 aliphatic carbocycles. The Morgan fingerprint density at radius 1 is 1.30 bits per heavy atom. The second-order valence-corrected chi connectivity index (χ2v) is 5.98. The summed E-state index contributed by atoms with van der Waals surface area (Å²) < 4.78 is 0. The van der Waals surface area contributed by atoms with E-state index in [1.54, 1.807) is 6.20 Å². The summed E-state index contributed by atoms with van der Waals surface area (Å²) in [6.07, 6.45) is 4.30. The molecule has 5 heteroatoms. The van der Waals surface area contributed by atoms with Gasteiger partial charge in [0.2, 0.25) is 5.91 Å². The molecule has 0 aliphatic heterocycles. The number of aromatic nitrogens is 2. The molecule has 1 amide bonds. The van der Waals surface area contributed by atoms with E-state index < -0.39 is 0 Å². The van der Waals surface area contributed by atoms with Gasteiger partial charge in [0.05, 0.1) is 6.54 Å². The van der Waals surface area contributed by atoms with E-state index in [9.17, 15) is 4.79 Å². The molecule has 0 bridgehead atoms. The molecule has 0 aliphatic rings. The van der Waals surface area contributed by atoms with Crippen LogP contribution in [-0.4, -0.2) is 40.4 Å². The number of aryl methyl sites for hydroxylation is 1. The minimum atomic E-state index is 0.0246. The molecule has 2 heterocycles. The van der Waals surface area contributed by atoms with E-state index in [0.29, 0.717) is 13.1 Å². The van der Waals surface area contributed by atoms with E-state index in [-0.39, 0.29) is 11.9 Å². The third-order valence-corrected chi connectivity index (χ3v) is 3.46. The lowest BCUT2D eigenvalue weighted by Crippen LogP contribution is -2.40. The maximum Gasteiger partial charge on any atom is 0.234 e. The van der Waals surface area contributed by atoms with E-state index in [2.05, 4.69) is 15.3 Å². The fourth-order valence-corrected chi connectivity index (χ4v) is 2.50. The smallest absolute Gasteiger partial charge is 0.234 e. The Hall–Kier alpha value is -2.27. The number of hydrogen-bond acceptors (Lipinski definition) is 4. The van der Waals surface area contributed by atoms with Gasteiger partial charge in [-0.15, -0.1) is 0 Å². The third-order valence-electron chi connectivity index (χ3n) is 3.46. The lowest BCUT2D eigenvalue weighted by Gasteiger charge is -2.19. The fraction of sp³-hybridized carbons (Fsp3) is 0.389. The van der Waals surface area contributed by atoms with Crippen molar-refractivity contribution in [2.45, 2.75) is 32.9 Å². The predicted molar refractivity (Wildman–Crippen MR) is 90.9 cm³/mol. The second kappa shape index (κ2) is 8.39. The van der Waals surface area contributed by atoms with Crippen LogP contribution in [0.2, 0.25) is 0 Å². The number of hydrogen-bond donors (Lipinski definition) is 1. The number of amides is 1. The normalized spacial score (nSPS) is 12.2. The van der Waals surface area contributed by atoms with Gasteiger partial charge in [0.1, 0.15) is 0 Å². The average molecular weight is 312 g/mol. The van der Waals surface area contributed by atoms with E-state index >= 15 is 0 Å². The molecule has 0 saturated heterocycles. The Balaban J connectivity index is 1.77. The van der Waals surface area contributed by atoms with Crippen LogP contribution in [0.5, 0.6) is 0 Å². The van der Waals surface area contributed by atoms with Crippen LogP contribution in [0.4, 0.5) is 0 Å². The summed E-state index contributed by atoms with van der Waals surface area (Å²) in [6, 6.07) is 9.93. The average Bonchev–Trinajstić information content (AvgIpc) is 2.47. The highest BCUT2D eigenvalue weighted by molar-refractivity contribution is 5.78. The number of carbonyl (C=O) groups excluding carboxylic acids is 1. The summed E-state index contributed by atoms with van der Waals surface area (Å²) in [5, 5.41) is 3.03. The van der Waals surface area contributed by atoms with Crippen molar-refractivity contribution in [3.8, 4) is 0 Å². The van der Waals surface area contributed by atoms with Crippen LogP contribution in [0.1, 0.15) is 23.9 Å². The zero-order valence-electron chi connectivity index (χ0n) is 14.0. The molecule has 23 heavy (non-hydrogen) atoms. The van der Waals surface area contributed by atoms with Gasteiger partial charge >= 0.3 is 0 Å². The molecule has 1 unspecified atom stereocenters. The SMILES string of the molecule is Cc1cccc(CC(C)NC(=O)CN(C)Cc2cccnc2)n1. The largest absolute Gasteiger partial charge is 0.352 e. The molecular formula is C18H24N4O. The molecule has 1 N–H and O–H groups in total. The van der Waals surface area contributed by atoms with Crippen molar-refractivity contribution in [1.82, 2.24) is 20.2 Å². The van der Waals surface area contributed by atoms with Crippen molar-refractivity contribution in [3.63, 3.8) is 0 Å². The summed E-state index contributed by atoms with van der Waals surface area (Å²) in [4.78, 5) is 22.7. The third kappa shape index (κ3) is 6.16. The van der Waals surface area contributed by atoms with Crippen molar-refractivity contribution in [1.29, 1.82) is 0 Å². The second-order valence-electron chi connectivity index (χ2n) is 5.98. The molecule has 122 valence electrons. The van der Waals surface area contributed by atoms with Crippen molar-refractivity contribution in [3.05, 3.63) is 59.7 Å². The van der Waals surface area contributed by atoms with Crippen LogP contribution in [0.3, 0.4) is 0 Å². The van der Waals surface area contributed by atoms with Crippen molar-refractivity contribution in [2.75, 3.05) is 13.6 Å². The lowest BCUT2D eigenvalue weighted by atomic mass is 10.1. The Kier molecular flexibility index (Phi) is 6.23. The molecule has 2 rings (SSSR count). The molecule has 0 saturated carbocycles. The van der Waals surface area contributed by atoms with Crippen molar-refractivity contribution in [2.24, 2.45) is 0 Å². The zero-order valence-corrected chi connectivity index (χ0v) is 14.0. The number of carbonyl (C=O) groups is 1. The number of rotatable bonds is 7. The summed E-state index contributed by atoms with van der Waals surface area (Å²) in [7, 11) is 1.93. The molecule has 0 fully saturated rings. The van der Waals surface area contributed by atoms with E-state index in [0.717, 1.165) is 23.4 Å². The standard InChI is InChI=1S/C18H24N4O/c1-14-6-4-8-17(20-14)10-15(2)21-18(23)13-22(3)12-16-7-5-9-19-11-16/h4-9,11,15H,10,12-13H2,1-3H3,(H,21,23). The monoisotopic (exact) mass is 312 g/mol. The predicted octanol–water partition coefficient (Wildman–Crippen LogP) is 1.96. The van der Waals surface area contributed by atoms with Gasteiger partial charge in [0, 0.05) is 42.8 Å². The highest BCUT2D eigenvalue weighted by Crippen LogP contribution is 2.03. The number of pyridine rings is 2. The molecule has 2 aromatic rings. The van der Waals surface area contributed by atoms with Gasteiger partial charge in [0.25, 0.3) is 0 Å². The first-order valence-electron chi connectivity index (χ1n) is 7.82. The minimum absolute atomic E-state index is 0.0246. The van der Waals surface area contributed by atoms with Gasteiger partial charge in [-0.2, -0.15) is 0 Å². The van der Waals surface area contributed by atoms with Gasteiger partial charge in [-0.1, -0.05) is 12.1 Å². The first kappa shape index (κ1) is 17.1. The Labute approximate surface area is 137 Å². The van der Waals surface area contributed by atoms with E-state index in [1.807, 2.05) is 62.3 Å². The highest BCUT2D eigenvalue weighted by atomic mass is 16.2. The van der Waals surface area contributed by atoms with Crippen LogP contribution in [0.25, 0.3) is 0 Å². The zero-order chi connectivity index (χ0) is 16.7. The first-order chi connectivity index (χ1) is 11.0. The van der Waals surface area contributed by atoms with Crippen LogP contribution in [0.15, 0.2) is 42.7 Å². The summed E-state index contributed by atoms with van der Waals surface area (Å²) in [5.74, 6) is 0.0246. The van der Waals surface area contributed by atoms with Crippen LogP contribution >= 0.6 is 0 Å². The van der Waals surface area contributed by atoms with Gasteiger partial charge in [0.15, 0.2) is 0 Å². The van der Waals surface area contributed by atoms with E-state index in [1.165, 1.54) is 0 Å². The summed E-state index contributed by atoms with van der Waals surface area (Å²) in [6.45, 7) is 5.04. The van der Waals surface area contributed by atoms with Gasteiger partial charge in [-0.3, -0.25) is 19.7 Å². The Morgan fingerprint density at radius 3 is 2.83 bits per heavy atom. The molecule has 2 aromatic heterocycles. The van der Waals surface area contributed by atoms with Crippen LogP contribution in [-0.2, 0) is 17.8 Å². The summed E-state index contributed by atoms with van der Waals surface area (Å²) >= 11 is 0. The molecule has 0 radical (unpaired) electrons. The van der Waals surface area contributed by atoms with Gasteiger partial charge in [-0.25, -0.2) is 0 Å². The number of nitrogens with zero attached hydrogens (tertiary/aromatic N) is 3. The van der Waals surface area contributed by atoms with Crippen molar-refractivity contribution < 1.29 is 4.79 Å². The number of likely N-dealkylation sites (N-methyl/N-ethyl adjacent to an activating group) is 1. The Morgan fingerprint density at radius 2 is 2.13 bits per heavy atom. The molecule has 1 atom stereocenters. The molecular weight excluding hydrogens is 288 g/mol. The van der Waals surface area contributed by atoms with Gasteiger partial charge in [-0.05, 0) is 44.7 Å².